The minimum atomic E-state index is -0.374. The van der Waals surface area contributed by atoms with Crippen LogP contribution >= 0.6 is 0 Å². The van der Waals surface area contributed by atoms with E-state index in [4.69, 9.17) is 0 Å². The normalized spacial score (nSPS) is 26.5. The third-order valence-electron chi connectivity index (χ3n) is 6.64. The summed E-state index contributed by atoms with van der Waals surface area (Å²) in [5, 5.41) is 10.6. The van der Waals surface area contributed by atoms with E-state index in [1.165, 1.54) is 5.56 Å². The van der Waals surface area contributed by atoms with Crippen LogP contribution < -0.4 is 10.6 Å². The Bertz CT molecular complexity index is 939. The number of anilines is 1. The Labute approximate surface area is 183 Å². The predicted molar refractivity (Wildman–Crippen MR) is 119 cm³/mol. The van der Waals surface area contributed by atoms with Crippen molar-refractivity contribution in [2.24, 2.45) is 13.0 Å². The molecule has 0 spiro atoms. The number of nitrogens with one attached hydrogen (secondary N) is 2. The third-order valence-corrected chi connectivity index (χ3v) is 6.64. The van der Waals surface area contributed by atoms with Crippen molar-refractivity contribution >= 4 is 17.6 Å². The number of rotatable bonds is 5. The summed E-state index contributed by atoms with van der Waals surface area (Å²) in [6.45, 7) is 6.16. The zero-order chi connectivity index (χ0) is 22.2. The number of aryl methyl sites for hydroxylation is 2. The summed E-state index contributed by atoms with van der Waals surface area (Å²) < 4.78 is 1.74. The van der Waals surface area contributed by atoms with Gasteiger partial charge in [0.25, 0.3) is 0 Å². The fraction of sp³-hybridized carbons (Fsp3) is 0.522. The monoisotopic (exact) mass is 424 g/mol. The van der Waals surface area contributed by atoms with Gasteiger partial charge in [0.05, 0.1) is 12.1 Å². The van der Waals surface area contributed by atoms with Crippen LogP contribution in [0.3, 0.4) is 0 Å². The van der Waals surface area contributed by atoms with E-state index in [1.54, 1.807) is 11.6 Å². The number of aromatic nitrogens is 2. The topological polar surface area (TPSA) is 82.5 Å². The minimum absolute atomic E-state index is 0.0256. The Morgan fingerprint density at radius 1 is 1.19 bits per heavy atom. The molecule has 2 N–H and O–H groups in total. The molecule has 166 valence electrons. The number of likely N-dealkylation sites (N-methyl/N-ethyl adjacent to an activating group) is 1. The number of hydrogen-bond donors (Lipinski definition) is 2. The molecule has 2 saturated heterocycles. The molecule has 0 unspecified atom stereocenters. The smallest absolute Gasteiger partial charge is 0.239 e. The fourth-order valence-electron chi connectivity index (χ4n) is 5.41. The summed E-state index contributed by atoms with van der Waals surface area (Å²) in [4.78, 5) is 29.6. The number of likely N-dealkylation sites (tertiary alicyclic amines) is 2. The standard InChI is InChI=1S/C23H32N6O2/c1-16-12-20(26-28(16)4)24-21(31)13-29-15-23(25-17(2)30)14-27(3)11-10-19(23)22(29)18-8-6-5-7-9-18/h5-9,12,19,22H,10-11,13-15H2,1-4H3,(H,25,30)(H,24,26,31)/t19-,22-,23-/m1/s1. The second-order valence-electron chi connectivity index (χ2n) is 9.07. The fourth-order valence-corrected chi connectivity index (χ4v) is 5.41. The molecule has 3 atom stereocenters. The van der Waals surface area contributed by atoms with Gasteiger partial charge in [-0.2, -0.15) is 5.10 Å². The predicted octanol–water partition coefficient (Wildman–Crippen LogP) is 1.55. The van der Waals surface area contributed by atoms with Gasteiger partial charge < -0.3 is 15.5 Å². The van der Waals surface area contributed by atoms with Gasteiger partial charge in [-0.25, -0.2) is 0 Å². The van der Waals surface area contributed by atoms with E-state index in [0.717, 1.165) is 25.2 Å². The summed E-state index contributed by atoms with van der Waals surface area (Å²) in [6, 6.07) is 12.3. The van der Waals surface area contributed by atoms with Crippen molar-refractivity contribution in [3.05, 3.63) is 47.7 Å². The zero-order valence-corrected chi connectivity index (χ0v) is 18.8. The number of carbonyl (C=O) groups is 2. The highest BCUT2D eigenvalue weighted by molar-refractivity contribution is 5.91. The summed E-state index contributed by atoms with van der Waals surface area (Å²) >= 11 is 0. The molecular weight excluding hydrogens is 392 g/mol. The first kappa shape index (κ1) is 21.5. The number of benzene rings is 1. The number of hydrogen-bond acceptors (Lipinski definition) is 5. The number of fused-ring (bicyclic) bond motifs is 1. The van der Waals surface area contributed by atoms with Gasteiger partial charge >= 0.3 is 0 Å². The van der Waals surface area contributed by atoms with Crippen LogP contribution in [0, 0.1) is 12.8 Å². The van der Waals surface area contributed by atoms with Crippen molar-refractivity contribution in [3.63, 3.8) is 0 Å². The van der Waals surface area contributed by atoms with Crippen LogP contribution in [0.2, 0.25) is 0 Å². The number of piperidine rings is 1. The second kappa shape index (κ2) is 8.43. The van der Waals surface area contributed by atoms with Gasteiger partial charge in [0.2, 0.25) is 11.8 Å². The zero-order valence-electron chi connectivity index (χ0n) is 18.8. The Hall–Kier alpha value is -2.71. The van der Waals surface area contributed by atoms with E-state index in [0.29, 0.717) is 12.4 Å². The van der Waals surface area contributed by atoms with Gasteiger partial charge in [-0.3, -0.25) is 19.2 Å². The highest BCUT2D eigenvalue weighted by Crippen LogP contribution is 2.47. The molecule has 2 aromatic rings. The van der Waals surface area contributed by atoms with Crippen LogP contribution in [0.1, 0.15) is 30.6 Å². The molecular formula is C23H32N6O2. The first-order valence-electron chi connectivity index (χ1n) is 10.8. The van der Waals surface area contributed by atoms with Gasteiger partial charge in [-0.05, 0) is 32.5 Å². The van der Waals surface area contributed by atoms with Crippen LogP contribution in [0.25, 0.3) is 0 Å². The molecule has 3 heterocycles. The molecule has 2 amide bonds. The quantitative estimate of drug-likeness (QED) is 0.761. The van der Waals surface area contributed by atoms with Crippen LogP contribution in [0.4, 0.5) is 5.82 Å². The maximum Gasteiger partial charge on any atom is 0.239 e. The number of carbonyl (C=O) groups excluding carboxylic acids is 2. The lowest BCUT2D eigenvalue weighted by Crippen LogP contribution is -2.63. The molecule has 8 heteroatoms. The second-order valence-corrected chi connectivity index (χ2v) is 9.07. The summed E-state index contributed by atoms with van der Waals surface area (Å²) in [5.41, 5.74) is 1.80. The minimum Gasteiger partial charge on any atom is -0.348 e. The molecule has 0 saturated carbocycles. The molecule has 0 aliphatic carbocycles. The highest BCUT2D eigenvalue weighted by Gasteiger charge is 2.55. The van der Waals surface area contributed by atoms with Gasteiger partial charge in [-0.15, -0.1) is 0 Å². The number of amides is 2. The van der Waals surface area contributed by atoms with Crippen molar-refractivity contribution in [1.82, 2.24) is 24.9 Å². The molecule has 4 rings (SSSR count). The van der Waals surface area contributed by atoms with Gasteiger partial charge in [0.15, 0.2) is 5.82 Å². The molecule has 2 aliphatic heterocycles. The average molecular weight is 425 g/mol. The van der Waals surface area contributed by atoms with Crippen molar-refractivity contribution in [1.29, 1.82) is 0 Å². The SMILES string of the molecule is CC(=O)N[C@@]12CN(C)CC[C@@H]1[C@@H](c1ccccc1)N(CC(=O)Nc1cc(C)n(C)n1)C2. The molecule has 8 nitrogen and oxygen atoms in total. The van der Waals surface area contributed by atoms with Crippen LogP contribution in [-0.4, -0.2) is 70.2 Å². The molecule has 1 aromatic carbocycles. The lowest BCUT2D eigenvalue weighted by molar-refractivity contribution is -0.122. The van der Waals surface area contributed by atoms with Crippen molar-refractivity contribution in [3.8, 4) is 0 Å². The van der Waals surface area contributed by atoms with Gasteiger partial charge in [0, 0.05) is 50.8 Å². The lowest BCUT2D eigenvalue weighted by atomic mass is 9.76. The molecule has 31 heavy (non-hydrogen) atoms. The largest absolute Gasteiger partial charge is 0.348 e. The third kappa shape index (κ3) is 4.36. The number of nitrogens with zero attached hydrogens (tertiary/aromatic N) is 4. The van der Waals surface area contributed by atoms with Gasteiger partial charge in [0.1, 0.15) is 0 Å². The maximum atomic E-state index is 13.0. The van der Waals surface area contributed by atoms with Crippen LogP contribution in [-0.2, 0) is 16.6 Å². The van der Waals surface area contributed by atoms with Crippen molar-refractivity contribution < 1.29 is 9.59 Å². The van der Waals surface area contributed by atoms with Crippen molar-refractivity contribution in [2.75, 3.05) is 38.5 Å². The van der Waals surface area contributed by atoms with Crippen molar-refractivity contribution in [2.45, 2.75) is 31.8 Å². The maximum absolute atomic E-state index is 13.0. The Morgan fingerprint density at radius 2 is 1.94 bits per heavy atom. The van der Waals surface area contributed by atoms with E-state index in [2.05, 4.69) is 44.7 Å². The molecule has 2 fully saturated rings. The van der Waals surface area contributed by atoms with E-state index < -0.39 is 0 Å². The first-order chi connectivity index (χ1) is 14.8. The van der Waals surface area contributed by atoms with E-state index >= 15 is 0 Å². The van der Waals surface area contributed by atoms with Gasteiger partial charge in [-0.1, -0.05) is 30.3 Å². The Morgan fingerprint density at radius 3 is 2.58 bits per heavy atom. The Balaban J connectivity index is 1.62. The summed E-state index contributed by atoms with van der Waals surface area (Å²) in [6.07, 6.45) is 0.966. The molecule has 2 aliphatic rings. The Kier molecular flexibility index (Phi) is 5.85. The van der Waals surface area contributed by atoms with E-state index in [-0.39, 0.29) is 35.9 Å². The summed E-state index contributed by atoms with van der Waals surface area (Å²) in [7, 11) is 3.95. The van der Waals surface area contributed by atoms with E-state index in [9.17, 15) is 9.59 Å². The molecule has 1 aromatic heterocycles. The van der Waals surface area contributed by atoms with Crippen LogP contribution in [0.15, 0.2) is 36.4 Å². The highest BCUT2D eigenvalue weighted by atomic mass is 16.2. The first-order valence-corrected chi connectivity index (χ1v) is 10.8. The average Bonchev–Trinajstić information content (AvgIpc) is 3.16. The molecule has 0 bridgehead atoms. The molecule has 0 radical (unpaired) electrons. The van der Waals surface area contributed by atoms with Crippen LogP contribution in [0.5, 0.6) is 0 Å². The van der Waals surface area contributed by atoms with E-state index in [1.807, 2.05) is 38.2 Å². The summed E-state index contributed by atoms with van der Waals surface area (Å²) in [5.74, 6) is 0.681. The lowest BCUT2D eigenvalue weighted by Gasteiger charge is -2.44.